The van der Waals surface area contributed by atoms with Gasteiger partial charge in [-0.2, -0.15) is 22.4 Å². The number of nitrogens with zero attached hydrogens (tertiary/aromatic N) is 3. The Kier molecular flexibility index (Phi) is 4.86. The fourth-order valence-electron chi connectivity index (χ4n) is 3.65. The first-order chi connectivity index (χ1) is 17.2. The van der Waals surface area contributed by atoms with Crippen LogP contribution in [0.1, 0.15) is 34.8 Å². The summed E-state index contributed by atoms with van der Waals surface area (Å²) in [5, 5.41) is 14.7. The van der Waals surface area contributed by atoms with E-state index in [0.717, 1.165) is 12.5 Å². The SMILES string of the molecule is [2H]C1([2H])[C@H](NC(=O)O)[C@@H](c2cc(F)ccc2F)OC([2H])(C(F)(F)F)C1([2H])N1Cc2cn(S(C)(=O)=O)nc2C1. The average Bonchev–Trinajstić information content (AvgIpc) is 3.35. The Hall–Kier alpha value is -2.78. The van der Waals surface area contributed by atoms with Crippen LogP contribution in [0.3, 0.4) is 0 Å². The predicted molar refractivity (Wildman–Crippen MR) is 105 cm³/mol. The minimum atomic E-state index is -5.83. The van der Waals surface area contributed by atoms with Gasteiger partial charge in [-0.25, -0.2) is 22.0 Å². The molecule has 0 aliphatic carbocycles. The number of alkyl halides is 3. The van der Waals surface area contributed by atoms with Crippen molar-refractivity contribution >= 4 is 16.1 Å². The number of halogens is 5. The normalized spacial score (nSPS) is 33.4. The number of rotatable bonds is 4. The second-order valence-electron chi connectivity index (χ2n) is 7.54. The van der Waals surface area contributed by atoms with Crippen LogP contribution in [0.25, 0.3) is 0 Å². The van der Waals surface area contributed by atoms with E-state index in [0.29, 0.717) is 27.2 Å². The second-order valence-corrected chi connectivity index (χ2v) is 9.38. The van der Waals surface area contributed by atoms with Crippen molar-refractivity contribution < 1.29 is 50.5 Å². The molecule has 0 saturated carbocycles. The van der Waals surface area contributed by atoms with Gasteiger partial charge in [-0.05, 0) is 24.6 Å². The van der Waals surface area contributed by atoms with Crippen LogP contribution in [0.4, 0.5) is 26.7 Å². The molecule has 2 N–H and O–H groups in total. The molecule has 3 heterocycles. The van der Waals surface area contributed by atoms with E-state index < -0.39 is 83.2 Å². The number of carboxylic acid groups (broad SMARTS) is 1. The maximum Gasteiger partial charge on any atom is 0.416 e. The molecule has 0 spiro atoms. The summed E-state index contributed by atoms with van der Waals surface area (Å²) in [6.07, 6.45) is -16.8. The third-order valence-electron chi connectivity index (χ3n) is 5.07. The van der Waals surface area contributed by atoms with Crippen molar-refractivity contribution in [2.24, 2.45) is 0 Å². The first kappa shape index (κ1) is 19.5. The van der Waals surface area contributed by atoms with Crippen LogP contribution in [0.5, 0.6) is 0 Å². The molecule has 9 nitrogen and oxygen atoms in total. The van der Waals surface area contributed by atoms with Gasteiger partial charge in [0, 0.05) is 40.5 Å². The predicted octanol–water partition coefficient (Wildman–Crippen LogP) is 2.38. The highest BCUT2D eigenvalue weighted by atomic mass is 32.2. The lowest BCUT2D eigenvalue weighted by Gasteiger charge is -2.45. The maximum atomic E-state index is 14.6. The lowest BCUT2D eigenvalue weighted by molar-refractivity contribution is -0.270. The summed E-state index contributed by atoms with van der Waals surface area (Å²) < 4.78 is 135. The van der Waals surface area contributed by atoms with Crippen LogP contribution in [0.2, 0.25) is 0 Å². The quantitative estimate of drug-likeness (QED) is 0.603. The number of nitrogens with one attached hydrogen (secondary N) is 1. The molecule has 4 atom stereocenters. The van der Waals surface area contributed by atoms with Crippen molar-refractivity contribution in [2.45, 2.75) is 49.9 Å². The number of aromatic nitrogens is 2. The van der Waals surface area contributed by atoms with Crippen LogP contribution < -0.4 is 5.32 Å². The van der Waals surface area contributed by atoms with E-state index in [2.05, 4.69) is 5.10 Å². The highest BCUT2D eigenvalue weighted by molar-refractivity contribution is 7.89. The Bertz CT molecular complexity index is 1390. The molecular weight excluding hydrogens is 491 g/mol. The molecule has 1 fully saturated rings. The van der Waals surface area contributed by atoms with E-state index in [1.807, 2.05) is 0 Å². The Labute approximate surface area is 195 Å². The van der Waals surface area contributed by atoms with Gasteiger partial charge in [0.05, 0.1) is 19.4 Å². The molecule has 1 amide bonds. The number of carbonyl (C=O) groups is 1. The van der Waals surface area contributed by atoms with Crippen LogP contribution >= 0.6 is 0 Å². The van der Waals surface area contributed by atoms with Crippen LogP contribution in [-0.2, 0) is 27.8 Å². The van der Waals surface area contributed by atoms with E-state index in [1.165, 1.54) is 0 Å². The summed E-state index contributed by atoms with van der Waals surface area (Å²) in [7, 11) is -3.89. The molecule has 2 aromatic rings. The second kappa shape index (κ2) is 8.46. The molecule has 2 aliphatic rings. The lowest BCUT2D eigenvalue weighted by atomic mass is 9.88. The molecule has 0 radical (unpaired) electrons. The molecule has 186 valence electrons. The average molecular weight is 514 g/mol. The van der Waals surface area contributed by atoms with E-state index >= 15 is 0 Å². The molecule has 1 aromatic heterocycles. The number of fused-ring (bicyclic) bond motifs is 1. The van der Waals surface area contributed by atoms with Gasteiger partial charge in [-0.15, -0.1) is 0 Å². The molecule has 34 heavy (non-hydrogen) atoms. The molecule has 2 aliphatic heterocycles. The molecule has 2 unspecified atom stereocenters. The Balaban J connectivity index is 1.90. The van der Waals surface area contributed by atoms with Gasteiger partial charge in [-0.1, -0.05) is 0 Å². The van der Waals surface area contributed by atoms with Gasteiger partial charge in [0.25, 0.3) is 10.0 Å². The van der Waals surface area contributed by atoms with E-state index in [-0.39, 0.29) is 11.3 Å². The fourth-order valence-corrected chi connectivity index (χ4v) is 4.22. The molecule has 15 heteroatoms. The monoisotopic (exact) mass is 514 g/mol. The summed E-state index contributed by atoms with van der Waals surface area (Å²) in [5.41, 5.74) is -1.14. The zero-order chi connectivity index (χ0) is 28.6. The van der Waals surface area contributed by atoms with E-state index in [9.17, 15) is 40.3 Å². The largest absolute Gasteiger partial charge is 0.465 e. The molecule has 0 bridgehead atoms. The van der Waals surface area contributed by atoms with Crippen molar-refractivity contribution in [3.8, 4) is 0 Å². The van der Waals surface area contributed by atoms with Gasteiger partial charge in [0.2, 0.25) is 0 Å². The van der Waals surface area contributed by atoms with E-state index in [4.69, 9.17) is 10.2 Å². The molecule has 1 saturated heterocycles. The van der Waals surface area contributed by atoms with Gasteiger partial charge in [-0.3, -0.25) is 4.90 Å². The smallest absolute Gasteiger partial charge is 0.416 e. The molecular formula is C19H19F5N4O5S. The number of ether oxygens (including phenoxy) is 1. The van der Waals surface area contributed by atoms with Crippen molar-refractivity contribution in [1.29, 1.82) is 0 Å². The molecule has 1 aromatic carbocycles. The van der Waals surface area contributed by atoms with Crippen LogP contribution in [0, 0.1) is 11.6 Å². The summed E-state index contributed by atoms with van der Waals surface area (Å²) in [5.74, 6) is -2.54. The third-order valence-corrected chi connectivity index (χ3v) is 5.94. The Morgan fingerprint density at radius 3 is 2.65 bits per heavy atom. The van der Waals surface area contributed by atoms with Gasteiger partial charge < -0.3 is 15.2 Å². The third kappa shape index (κ3) is 4.72. The zero-order valence-corrected chi connectivity index (χ0v) is 17.9. The highest BCUT2D eigenvalue weighted by Gasteiger charge is 2.55. The van der Waals surface area contributed by atoms with Crippen molar-refractivity contribution in [3.05, 3.63) is 52.9 Å². The number of hydrogen-bond acceptors (Lipinski definition) is 6. The van der Waals surface area contributed by atoms with Crippen molar-refractivity contribution in [2.75, 3.05) is 6.26 Å². The highest BCUT2D eigenvalue weighted by Crippen LogP contribution is 2.43. The number of benzene rings is 1. The number of hydrogen-bond donors (Lipinski definition) is 2. The zero-order valence-electron chi connectivity index (χ0n) is 21.1. The van der Waals surface area contributed by atoms with Crippen molar-refractivity contribution in [1.82, 2.24) is 19.4 Å². The van der Waals surface area contributed by atoms with Gasteiger partial charge >= 0.3 is 12.3 Å². The van der Waals surface area contributed by atoms with Gasteiger partial charge in [0.15, 0.2) is 6.08 Å². The van der Waals surface area contributed by atoms with Gasteiger partial charge in [0.1, 0.15) is 17.7 Å². The minimum absolute atomic E-state index is 0.00316. The first-order valence-corrected chi connectivity index (χ1v) is 11.3. The summed E-state index contributed by atoms with van der Waals surface area (Å²) in [4.78, 5) is 12.0. The van der Waals surface area contributed by atoms with Crippen LogP contribution in [-0.4, -0.2) is 64.3 Å². The lowest BCUT2D eigenvalue weighted by Crippen LogP contribution is -2.59. The summed E-state index contributed by atoms with van der Waals surface area (Å²) in [6, 6.07) is -4.74. The summed E-state index contributed by atoms with van der Waals surface area (Å²) >= 11 is 0. The maximum absolute atomic E-state index is 14.6. The van der Waals surface area contributed by atoms with Crippen molar-refractivity contribution in [3.63, 3.8) is 0 Å². The Morgan fingerprint density at radius 1 is 1.35 bits per heavy atom. The Morgan fingerprint density at radius 2 is 2.06 bits per heavy atom. The first-order valence-electron chi connectivity index (χ1n) is 11.5. The fraction of sp³-hybridized carbons (Fsp3) is 0.474. The number of amides is 1. The van der Waals surface area contributed by atoms with Crippen LogP contribution in [0.15, 0.2) is 24.4 Å². The molecule has 4 rings (SSSR count). The van der Waals surface area contributed by atoms with E-state index in [1.54, 1.807) is 5.32 Å². The topological polar surface area (TPSA) is 114 Å². The standard InChI is InChI=1S/C19H19F5N4O5S/c1-34(31,32)28-7-9-6-27(8-14(9)26-28)15-5-13(25-18(29)30)16(33-17(15)19(22,23)24)11-4-10(20)2-3-12(11)21/h2-4,7,13,15-17,25H,5-6,8H2,1H3,(H,29,30)/t13-,15?,16+,17?/m0/s1/i5D2,15D,17D. The minimum Gasteiger partial charge on any atom is -0.465 e. The summed E-state index contributed by atoms with van der Waals surface area (Å²) in [6.45, 7) is -1.45.